The molecule has 1 aromatic heterocycles. The first-order valence-corrected chi connectivity index (χ1v) is 8.04. The van der Waals surface area contributed by atoms with Crippen LogP contribution in [0.1, 0.15) is 17.0 Å². The van der Waals surface area contributed by atoms with Gasteiger partial charge >= 0.3 is 11.6 Å². The number of para-hydroxylation sites is 1. The van der Waals surface area contributed by atoms with Gasteiger partial charge in [0.05, 0.1) is 24.0 Å². The smallest absolute Gasteiger partial charge is 0.348 e. The Hall–Kier alpha value is -2.79. The molecule has 0 bridgehead atoms. The Bertz CT molecular complexity index is 1040. The van der Waals surface area contributed by atoms with Gasteiger partial charge in [0.25, 0.3) is 0 Å². The van der Waals surface area contributed by atoms with Gasteiger partial charge in [-0.05, 0) is 23.8 Å². The van der Waals surface area contributed by atoms with Crippen LogP contribution >= 0.6 is 11.6 Å². The second-order valence-electron chi connectivity index (χ2n) is 5.69. The monoisotopic (exact) mass is 356 g/mol. The molecule has 126 valence electrons. The van der Waals surface area contributed by atoms with E-state index in [0.29, 0.717) is 27.3 Å². The number of hydrogen-bond donors (Lipinski definition) is 0. The molecule has 6 heteroatoms. The molecule has 1 aliphatic heterocycles. The van der Waals surface area contributed by atoms with Crippen molar-refractivity contribution in [2.45, 2.75) is 12.0 Å². The lowest BCUT2D eigenvalue weighted by Gasteiger charge is -2.17. The highest BCUT2D eigenvalue weighted by Gasteiger charge is 2.45. The van der Waals surface area contributed by atoms with Gasteiger partial charge in [0.2, 0.25) is 6.10 Å². The Morgan fingerprint density at radius 2 is 1.84 bits per heavy atom. The molecule has 0 unspecified atom stereocenters. The summed E-state index contributed by atoms with van der Waals surface area (Å²) in [7, 11) is 1.28. The SMILES string of the molecule is COC(=O)[C@@H]1Oc2c(c(=O)oc3ccccc23)[C@@H]1c1ccccc1Cl. The highest BCUT2D eigenvalue weighted by molar-refractivity contribution is 6.31. The third kappa shape index (κ3) is 2.39. The molecule has 0 saturated carbocycles. The van der Waals surface area contributed by atoms with Gasteiger partial charge in [0.15, 0.2) is 0 Å². The van der Waals surface area contributed by atoms with Crippen molar-refractivity contribution in [3.05, 3.63) is 75.1 Å². The Kier molecular flexibility index (Phi) is 3.73. The maximum atomic E-state index is 12.6. The molecule has 2 aromatic carbocycles. The molecule has 25 heavy (non-hydrogen) atoms. The zero-order valence-electron chi connectivity index (χ0n) is 13.2. The van der Waals surface area contributed by atoms with Crippen molar-refractivity contribution in [1.82, 2.24) is 0 Å². The summed E-state index contributed by atoms with van der Waals surface area (Å²) in [4.78, 5) is 24.9. The molecule has 4 rings (SSSR count). The molecule has 0 N–H and O–H groups in total. The van der Waals surface area contributed by atoms with E-state index in [1.165, 1.54) is 7.11 Å². The van der Waals surface area contributed by atoms with E-state index in [0.717, 1.165) is 0 Å². The highest BCUT2D eigenvalue weighted by atomic mass is 35.5. The molecule has 0 fully saturated rings. The fourth-order valence-electron chi connectivity index (χ4n) is 3.22. The second kappa shape index (κ2) is 5.93. The number of rotatable bonds is 2. The Labute approximate surface area is 147 Å². The summed E-state index contributed by atoms with van der Waals surface area (Å²) in [6.07, 6.45) is -1.01. The lowest BCUT2D eigenvalue weighted by Crippen LogP contribution is -2.32. The summed E-state index contributed by atoms with van der Waals surface area (Å²) in [6.45, 7) is 0. The lowest BCUT2D eigenvalue weighted by molar-refractivity contribution is -0.148. The molecule has 0 aliphatic carbocycles. The van der Waals surface area contributed by atoms with E-state index < -0.39 is 23.6 Å². The minimum absolute atomic E-state index is 0.280. The fraction of sp³-hybridized carbons (Fsp3) is 0.158. The molecule has 2 atom stereocenters. The van der Waals surface area contributed by atoms with Crippen molar-refractivity contribution < 1.29 is 18.7 Å². The molecule has 0 amide bonds. The third-order valence-electron chi connectivity index (χ3n) is 4.33. The minimum atomic E-state index is -1.01. The van der Waals surface area contributed by atoms with Crippen LogP contribution in [0.25, 0.3) is 11.0 Å². The van der Waals surface area contributed by atoms with Gasteiger partial charge in [-0.1, -0.05) is 41.9 Å². The summed E-state index contributed by atoms with van der Waals surface area (Å²) in [5.41, 5.74) is 0.739. The summed E-state index contributed by atoms with van der Waals surface area (Å²) in [6, 6.07) is 14.0. The third-order valence-corrected chi connectivity index (χ3v) is 4.68. The predicted molar refractivity (Wildman–Crippen MR) is 92.2 cm³/mol. The predicted octanol–water partition coefficient (Wildman–Crippen LogP) is 3.51. The lowest BCUT2D eigenvalue weighted by atomic mass is 9.88. The number of carbonyl (C=O) groups is 1. The average molecular weight is 357 g/mol. The van der Waals surface area contributed by atoms with Crippen LogP contribution in [0.3, 0.4) is 0 Å². The van der Waals surface area contributed by atoms with Crippen molar-refractivity contribution in [1.29, 1.82) is 0 Å². The van der Waals surface area contributed by atoms with Crippen LogP contribution in [-0.2, 0) is 9.53 Å². The van der Waals surface area contributed by atoms with Crippen molar-refractivity contribution >= 4 is 28.5 Å². The van der Waals surface area contributed by atoms with Crippen molar-refractivity contribution in [3.8, 4) is 5.75 Å². The topological polar surface area (TPSA) is 65.7 Å². The van der Waals surface area contributed by atoms with Crippen LogP contribution in [0.4, 0.5) is 0 Å². The number of fused-ring (bicyclic) bond motifs is 3. The minimum Gasteiger partial charge on any atom is -0.476 e. The number of carbonyl (C=O) groups excluding carboxylic acids is 1. The normalized spacial score (nSPS) is 18.6. The molecule has 0 saturated heterocycles. The van der Waals surface area contributed by atoms with Crippen LogP contribution in [-0.4, -0.2) is 19.2 Å². The van der Waals surface area contributed by atoms with Crippen molar-refractivity contribution in [2.24, 2.45) is 0 Å². The molecule has 2 heterocycles. The van der Waals surface area contributed by atoms with Crippen molar-refractivity contribution in [3.63, 3.8) is 0 Å². The van der Waals surface area contributed by atoms with Crippen LogP contribution < -0.4 is 10.4 Å². The quantitative estimate of drug-likeness (QED) is 0.519. The maximum Gasteiger partial charge on any atom is 0.348 e. The van der Waals surface area contributed by atoms with E-state index in [-0.39, 0.29) is 5.56 Å². The first kappa shape index (κ1) is 15.7. The van der Waals surface area contributed by atoms with Crippen LogP contribution in [0, 0.1) is 0 Å². The number of methoxy groups -OCH3 is 1. The zero-order valence-corrected chi connectivity index (χ0v) is 13.9. The maximum absolute atomic E-state index is 12.6. The second-order valence-corrected chi connectivity index (χ2v) is 6.10. The van der Waals surface area contributed by atoms with E-state index in [4.69, 9.17) is 25.5 Å². The van der Waals surface area contributed by atoms with Gasteiger partial charge in [0, 0.05) is 5.02 Å². The van der Waals surface area contributed by atoms with Gasteiger partial charge in [0.1, 0.15) is 11.3 Å². The number of benzene rings is 2. The van der Waals surface area contributed by atoms with Gasteiger partial charge < -0.3 is 13.9 Å². The molecule has 1 aliphatic rings. The van der Waals surface area contributed by atoms with Crippen molar-refractivity contribution in [2.75, 3.05) is 7.11 Å². The molecular formula is C19H13ClO5. The van der Waals surface area contributed by atoms with E-state index >= 15 is 0 Å². The summed E-state index contributed by atoms with van der Waals surface area (Å²) in [5, 5.41) is 1.06. The number of halogens is 1. The van der Waals surface area contributed by atoms with Crippen LogP contribution in [0.2, 0.25) is 5.02 Å². The standard InChI is InChI=1S/C19H13ClO5/c1-23-19(22)17-14(10-6-2-4-8-12(10)20)15-16(25-17)11-7-3-5-9-13(11)24-18(15)21/h2-9,14,17H,1H3/t14-,17+/m0/s1. The Morgan fingerprint density at radius 3 is 2.60 bits per heavy atom. The van der Waals surface area contributed by atoms with E-state index in [1.807, 2.05) is 6.07 Å². The zero-order chi connectivity index (χ0) is 17.6. The first-order valence-electron chi connectivity index (χ1n) is 7.66. The first-order chi connectivity index (χ1) is 12.1. The highest BCUT2D eigenvalue weighted by Crippen LogP contribution is 2.45. The molecule has 0 radical (unpaired) electrons. The summed E-state index contributed by atoms with van der Waals surface area (Å²) < 4.78 is 16.2. The van der Waals surface area contributed by atoms with Gasteiger partial charge in [-0.2, -0.15) is 0 Å². The number of ether oxygens (including phenoxy) is 2. The van der Waals surface area contributed by atoms with E-state index in [1.54, 1.807) is 42.5 Å². The number of hydrogen-bond acceptors (Lipinski definition) is 5. The fourth-order valence-corrected chi connectivity index (χ4v) is 3.48. The molecule has 0 spiro atoms. The van der Waals surface area contributed by atoms with Gasteiger partial charge in [-0.3, -0.25) is 0 Å². The molecule has 3 aromatic rings. The largest absolute Gasteiger partial charge is 0.476 e. The molecule has 5 nitrogen and oxygen atoms in total. The molecular weight excluding hydrogens is 344 g/mol. The van der Waals surface area contributed by atoms with Gasteiger partial charge in [-0.15, -0.1) is 0 Å². The summed E-state index contributed by atoms with van der Waals surface area (Å²) >= 11 is 6.31. The Balaban J connectivity index is 2.02. The van der Waals surface area contributed by atoms with E-state index in [9.17, 15) is 9.59 Å². The van der Waals surface area contributed by atoms with Crippen LogP contribution in [0.15, 0.2) is 57.7 Å². The average Bonchev–Trinajstić information content (AvgIpc) is 3.03. The van der Waals surface area contributed by atoms with E-state index in [2.05, 4.69) is 0 Å². The number of esters is 1. The van der Waals surface area contributed by atoms with Crippen LogP contribution in [0.5, 0.6) is 5.75 Å². The Morgan fingerprint density at radius 1 is 1.12 bits per heavy atom. The van der Waals surface area contributed by atoms with Gasteiger partial charge in [-0.25, -0.2) is 9.59 Å². The summed E-state index contributed by atoms with van der Waals surface area (Å²) in [5.74, 6) is -0.936.